The average Bonchev–Trinajstić information content (AvgIpc) is 2.86. The predicted octanol–water partition coefficient (Wildman–Crippen LogP) is 1.10. The summed E-state index contributed by atoms with van der Waals surface area (Å²) in [6.07, 6.45) is 2.41. The number of rotatable bonds is 3. The third kappa shape index (κ3) is 1.87. The van der Waals surface area contributed by atoms with Crippen LogP contribution in [0.25, 0.3) is 0 Å². The van der Waals surface area contributed by atoms with Crippen LogP contribution in [0.1, 0.15) is 31.1 Å². The van der Waals surface area contributed by atoms with E-state index < -0.39 is 5.97 Å². The number of aliphatic carboxylic acids is 1. The summed E-state index contributed by atoms with van der Waals surface area (Å²) in [5.74, 6) is -0.332. The lowest BCUT2D eigenvalue weighted by Gasteiger charge is -2.10. The Morgan fingerprint density at radius 1 is 1.50 bits per heavy atom. The molecule has 6 heteroatoms. The molecule has 2 unspecified atom stereocenters. The molecule has 88 valence electrons. The maximum absolute atomic E-state index is 11.0. The summed E-state index contributed by atoms with van der Waals surface area (Å²) in [5, 5.41) is 12.9. The summed E-state index contributed by atoms with van der Waals surface area (Å²) in [6.45, 7) is 0. The van der Waals surface area contributed by atoms with Gasteiger partial charge in [-0.25, -0.2) is 0 Å². The molecule has 0 saturated heterocycles. The summed E-state index contributed by atoms with van der Waals surface area (Å²) in [6, 6.07) is 0. The van der Waals surface area contributed by atoms with E-state index in [0.29, 0.717) is 18.3 Å². The molecule has 0 aliphatic heterocycles. The number of anilines is 1. The van der Waals surface area contributed by atoms with Gasteiger partial charge in [0.05, 0.1) is 11.8 Å². The third-order valence-corrected chi connectivity index (χ3v) is 2.98. The van der Waals surface area contributed by atoms with Gasteiger partial charge in [-0.3, -0.25) is 4.79 Å². The van der Waals surface area contributed by atoms with E-state index in [0.717, 1.165) is 12.8 Å². The quantitative estimate of drug-likeness (QED) is 0.829. The SMILES string of the molecule is CN(C)c1noc(C2CCCC2C(=O)O)n1. The van der Waals surface area contributed by atoms with E-state index in [4.69, 9.17) is 9.63 Å². The van der Waals surface area contributed by atoms with Crippen LogP contribution in [0.5, 0.6) is 0 Å². The lowest BCUT2D eigenvalue weighted by molar-refractivity contribution is -0.142. The molecule has 0 amide bonds. The number of carboxylic acids is 1. The van der Waals surface area contributed by atoms with Crippen molar-refractivity contribution in [2.75, 3.05) is 19.0 Å². The van der Waals surface area contributed by atoms with Crippen molar-refractivity contribution in [2.45, 2.75) is 25.2 Å². The fourth-order valence-electron chi connectivity index (χ4n) is 2.11. The molecule has 1 heterocycles. The van der Waals surface area contributed by atoms with Gasteiger partial charge in [-0.1, -0.05) is 6.42 Å². The average molecular weight is 225 g/mol. The van der Waals surface area contributed by atoms with E-state index in [2.05, 4.69) is 10.1 Å². The Labute approximate surface area is 93.2 Å². The number of carbonyl (C=O) groups is 1. The van der Waals surface area contributed by atoms with E-state index >= 15 is 0 Å². The van der Waals surface area contributed by atoms with Gasteiger partial charge in [0, 0.05) is 14.1 Å². The predicted molar refractivity (Wildman–Crippen MR) is 56.3 cm³/mol. The minimum Gasteiger partial charge on any atom is -0.481 e. The molecule has 1 saturated carbocycles. The van der Waals surface area contributed by atoms with Gasteiger partial charge in [-0.15, -0.1) is 0 Å². The van der Waals surface area contributed by atoms with Crippen molar-refractivity contribution in [1.29, 1.82) is 0 Å². The highest BCUT2D eigenvalue weighted by molar-refractivity contribution is 5.71. The van der Waals surface area contributed by atoms with Crippen LogP contribution in [0.3, 0.4) is 0 Å². The molecule has 1 N–H and O–H groups in total. The standard InChI is InChI=1S/C10H15N3O3/c1-13(2)10-11-8(16-12-10)6-4-3-5-7(6)9(14)15/h6-7H,3-5H2,1-2H3,(H,14,15). The van der Waals surface area contributed by atoms with Gasteiger partial charge in [-0.2, -0.15) is 4.98 Å². The van der Waals surface area contributed by atoms with E-state index in [-0.39, 0.29) is 11.8 Å². The van der Waals surface area contributed by atoms with Crippen LogP contribution >= 0.6 is 0 Å². The van der Waals surface area contributed by atoms with E-state index in [1.807, 2.05) is 14.1 Å². The molecular formula is C10H15N3O3. The van der Waals surface area contributed by atoms with Crippen molar-refractivity contribution in [3.63, 3.8) is 0 Å². The monoisotopic (exact) mass is 225 g/mol. The number of hydrogen-bond donors (Lipinski definition) is 1. The normalized spacial score (nSPS) is 24.6. The number of aromatic nitrogens is 2. The van der Waals surface area contributed by atoms with Crippen molar-refractivity contribution in [3.05, 3.63) is 5.89 Å². The van der Waals surface area contributed by atoms with Gasteiger partial charge in [0.25, 0.3) is 5.95 Å². The molecule has 1 aromatic rings. The second kappa shape index (κ2) is 4.11. The Bertz CT molecular complexity index is 388. The first-order valence-corrected chi connectivity index (χ1v) is 5.33. The summed E-state index contributed by atoms with van der Waals surface area (Å²) < 4.78 is 5.12. The molecular weight excluding hydrogens is 210 g/mol. The summed E-state index contributed by atoms with van der Waals surface area (Å²) >= 11 is 0. The van der Waals surface area contributed by atoms with Crippen LogP contribution < -0.4 is 4.90 Å². The van der Waals surface area contributed by atoms with Crippen LogP contribution in [0.15, 0.2) is 4.52 Å². The second-order valence-corrected chi connectivity index (χ2v) is 4.31. The van der Waals surface area contributed by atoms with Gasteiger partial charge >= 0.3 is 5.97 Å². The maximum Gasteiger partial charge on any atom is 0.307 e. The van der Waals surface area contributed by atoms with Gasteiger partial charge in [0.1, 0.15) is 0 Å². The summed E-state index contributed by atoms with van der Waals surface area (Å²) in [7, 11) is 3.63. The lowest BCUT2D eigenvalue weighted by atomic mass is 9.96. The fourth-order valence-corrected chi connectivity index (χ4v) is 2.11. The molecule has 0 bridgehead atoms. The van der Waals surface area contributed by atoms with E-state index in [1.165, 1.54) is 0 Å². The summed E-state index contributed by atoms with van der Waals surface area (Å²) in [5.41, 5.74) is 0. The minimum absolute atomic E-state index is 0.126. The molecule has 6 nitrogen and oxygen atoms in total. The van der Waals surface area contributed by atoms with E-state index in [9.17, 15) is 4.79 Å². The van der Waals surface area contributed by atoms with Gasteiger partial charge < -0.3 is 14.5 Å². The fraction of sp³-hybridized carbons (Fsp3) is 0.700. The Morgan fingerprint density at radius 3 is 2.81 bits per heavy atom. The largest absolute Gasteiger partial charge is 0.481 e. The highest BCUT2D eigenvalue weighted by Crippen LogP contribution is 2.39. The molecule has 1 aliphatic carbocycles. The van der Waals surface area contributed by atoms with Crippen molar-refractivity contribution in [3.8, 4) is 0 Å². The Hall–Kier alpha value is -1.59. The van der Waals surface area contributed by atoms with Crippen LogP contribution in [0, 0.1) is 5.92 Å². The zero-order valence-electron chi connectivity index (χ0n) is 9.38. The molecule has 0 aromatic carbocycles. The van der Waals surface area contributed by atoms with Crippen molar-refractivity contribution >= 4 is 11.9 Å². The first-order chi connectivity index (χ1) is 7.59. The zero-order chi connectivity index (χ0) is 11.7. The Balaban J connectivity index is 2.19. The van der Waals surface area contributed by atoms with Crippen LogP contribution in [-0.4, -0.2) is 35.3 Å². The number of hydrogen-bond acceptors (Lipinski definition) is 5. The Morgan fingerprint density at radius 2 is 2.25 bits per heavy atom. The highest BCUT2D eigenvalue weighted by Gasteiger charge is 2.37. The number of nitrogens with zero attached hydrogens (tertiary/aromatic N) is 3. The zero-order valence-corrected chi connectivity index (χ0v) is 9.38. The first-order valence-electron chi connectivity index (χ1n) is 5.33. The molecule has 2 rings (SSSR count). The molecule has 1 fully saturated rings. The maximum atomic E-state index is 11.0. The van der Waals surface area contributed by atoms with Crippen LogP contribution in [0.2, 0.25) is 0 Å². The molecule has 16 heavy (non-hydrogen) atoms. The topological polar surface area (TPSA) is 79.5 Å². The Kier molecular flexibility index (Phi) is 2.80. The second-order valence-electron chi connectivity index (χ2n) is 4.31. The molecule has 2 atom stereocenters. The minimum atomic E-state index is -0.771. The molecule has 0 spiro atoms. The van der Waals surface area contributed by atoms with E-state index in [1.54, 1.807) is 4.90 Å². The van der Waals surface area contributed by atoms with Crippen LogP contribution in [-0.2, 0) is 4.79 Å². The molecule has 0 radical (unpaired) electrons. The van der Waals surface area contributed by atoms with Gasteiger partial charge in [0.2, 0.25) is 5.89 Å². The van der Waals surface area contributed by atoms with Crippen LogP contribution in [0.4, 0.5) is 5.95 Å². The van der Waals surface area contributed by atoms with Crippen molar-refractivity contribution < 1.29 is 14.4 Å². The summed E-state index contributed by atoms with van der Waals surface area (Å²) in [4.78, 5) is 17.0. The third-order valence-electron chi connectivity index (χ3n) is 2.98. The van der Waals surface area contributed by atoms with Gasteiger partial charge in [-0.05, 0) is 18.0 Å². The lowest BCUT2D eigenvalue weighted by Crippen LogP contribution is -2.17. The molecule has 1 aliphatic rings. The molecule has 1 aromatic heterocycles. The van der Waals surface area contributed by atoms with Crippen molar-refractivity contribution in [1.82, 2.24) is 10.1 Å². The van der Waals surface area contributed by atoms with Gasteiger partial charge in [0.15, 0.2) is 0 Å². The first kappa shape index (κ1) is 10.9. The van der Waals surface area contributed by atoms with Crippen molar-refractivity contribution in [2.24, 2.45) is 5.92 Å². The highest BCUT2D eigenvalue weighted by atomic mass is 16.5. The number of carboxylic acid groups (broad SMARTS) is 1. The smallest absolute Gasteiger partial charge is 0.307 e.